The summed E-state index contributed by atoms with van der Waals surface area (Å²) in [7, 11) is 0. The SMILES string of the molecule is O=C1N[C@@H](c2cc(F)ccc2Cl)c2c(NC(=O)c3nsc4ccccc34)cc3c(c21)OCO3. The Bertz CT molecular complexity index is 1490. The van der Waals surface area contributed by atoms with E-state index in [0.717, 1.165) is 10.1 Å². The van der Waals surface area contributed by atoms with Crippen molar-refractivity contribution in [1.29, 1.82) is 0 Å². The van der Waals surface area contributed by atoms with Gasteiger partial charge in [-0.1, -0.05) is 29.8 Å². The summed E-state index contributed by atoms with van der Waals surface area (Å²) >= 11 is 7.56. The van der Waals surface area contributed by atoms with Crippen LogP contribution in [-0.2, 0) is 0 Å². The molecule has 33 heavy (non-hydrogen) atoms. The van der Waals surface area contributed by atoms with Crippen molar-refractivity contribution in [3.8, 4) is 11.5 Å². The molecule has 1 aromatic heterocycles. The number of carbonyl (C=O) groups is 2. The minimum absolute atomic E-state index is 0.0609. The van der Waals surface area contributed by atoms with Crippen molar-refractivity contribution in [2.45, 2.75) is 6.04 Å². The van der Waals surface area contributed by atoms with Crippen molar-refractivity contribution in [2.24, 2.45) is 0 Å². The quantitative estimate of drug-likeness (QED) is 0.434. The number of carbonyl (C=O) groups excluding carboxylic acids is 2. The second-order valence-electron chi connectivity index (χ2n) is 7.50. The first-order chi connectivity index (χ1) is 16.0. The van der Waals surface area contributed by atoms with Gasteiger partial charge in [-0.2, -0.15) is 4.37 Å². The van der Waals surface area contributed by atoms with Crippen molar-refractivity contribution in [3.63, 3.8) is 0 Å². The maximum atomic E-state index is 14.0. The lowest BCUT2D eigenvalue weighted by molar-refractivity contribution is 0.0955. The predicted octanol–water partition coefficient (Wildman–Crippen LogP) is 4.90. The number of aromatic nitrogens is 1. The third-order valence-corrected chi connectivity index (χ3v) is 6.78. The molecule has 2 aliphatic rings. The molecule has 6 rings (SSSR count). The molecule has 0 saturated heterocycles. The molecule has 3 heterocycles. The predicted molar refractivity (Wildman–Crippen MR) is 121 cm³/mol. The van der Waals surface area contributed by atoms with Crippen LogP contribution in [0.2, 0.25) is 5.02 Å². The molecular weight excluding hydrogens is 469 g/mol. The Morgan fingerprint density at radius 3 is 2.94 bits per heavy atom. The first-order valence-corrected chi connectivity index (χ1v) is 11.0. The summed E-state index contributed by atoms with van der Waals surface area (Å²) in [6, 6.07) is 12.1. The lowest BCUT2D eigenvalue weighted by atomic mass is 9.95. The van der Waals surface area contributed by atoms with Crippen LogP contribution in [0.1, 0.15) is 38.0 Å². The van der Waals surface area contributed by atoms with Crippen molar-refractivity contribution >= 4 is 50.7 Å². The molecule has 2 N–H and O–H groups in total. The van der Waals surface area contributed by atoms with E-state index >= 15 is 0 Å². The fourth-order valence-corrected chi connectivity index (χ4v) is 5.16. The van der Waals surface area contributed by atoms with Crippen LogP contribution in [0.15, 0.2) is 48.5 Å². The maximum absolute atomic E-state index is 14.0. The number of hydrogen-bond acceptors (Lipinski definition) is 6. The van der Waals surface area contributed by atoms with Gasteiger partial charge in [0.15, 0.2) is 11.5 Å². The van der Waals surface area contributed by atoms with Crippen LogP contribution < -0.4 is 20.1 Å². The summed E-state index contributed by atoms with van der Waals surface area (Å²) in [6.45, 7) is -0.0609. The molecule has 1 atom stereocenters. The van der Waals surface area contributed by atoms with Crippen LogP contribution in [-0.4, -0.2) is 23.0 Å². The van der Waals surface area contributed by atoms with E-state index in [-0.39, 0.29) is 28.8 Å². The van der Waals surface area contributed by atoms with Gasteiger partial charge in [0.25, 0.3) is 11.8 Å². The highest BCUT2D eigenvalue weighted by Crippen LogP contribution is 2.49. The molecule has 3 aromatic carbocycles. The van der Waals surface area contributed by atoms with Crippen molar-refractivity contribution in [3.05, 3.63) is 81.8 Å². The number of ether oxygens (including phenoxy) is 2. The molecule has 2 aliphatic heterocycles. The molecule has 0 spiro atoms. The molecule has 0 radical (unpaired) electrons. The zero-order valence-corrected chi connectivity index (χ0v) is 18.2. The first kappa shape index (κ1) is 20.0. The third-order valence-electron chi connectivity index (χ3n) is 5.60. The van der Waals surface area contributed by atoms with E-state index in [4.69, 9.17) is 21.1 Å². The van der Waals surface area contributed by atoms with Gasteiger partial charge in [-0.05, 0) is 35.8 Å². The summed E-state index contributed by atoms with van der Waals surface area (Å²) in [5.74, 6) is -0.787. The second-order valence-corrected chi connectivity index (χ2v) is 8.71. The molecule has 0 unspecified atom stereocenters. The van der Waals surface area contributed by atoms with Crippen LogP contribution in [0.3, 0.4) is 0 Å². The molecule has 0 bridgehead atoms. The Morgan fingerprint density at radius 1 is 1.21 bits per heavy atom. The Morgan fingerprint density at radius 2 is 2.06 bits per heavy atom. The number of fused-ring (bicyclic) bond motifs is 4. The molecule has 164 valence electrons. The van der Waals surface area contributed by atoms with Crippen LogP contribution in [0.4, 0.5) is 10.1 Å². The van der Waals surface area contributed by atoms with E-state index in [1.807, 2.05) is 24.3 Å². The Hall–Kier alpha value is -3.69. The average molecular weight is 482 g/mol. The zero-order valence-electron chi connectivity index (χ0n) is 16.6. The summed E-state index contributed by atoms with van der Waals surface area (Å²) in [4.78, 5) is 26.1. The number of halogens is 2. The number of hydrogen-bond donors (Lipinski definition) is 2. The van der Waals surface area contributed by atoms with E-state index in [0.29, 0.717) is 22.6 Å². The van der Waals surface area contributed by atoms with Gasteiger partial charge in [-0.25, -0.2) is 4.39 Å². The lowest BCUT2D eigenvalue weighted by Gasteiger charge is -2.18. The highest BCUT2D eigenvalue weighted by molar-refractivity contribution is 7.13. The largest absolute Gasteiger partial charge is 0.453 e. The highest BCUT2D eigenvalue weighted by atomic mass is 35.5. The van der Waals surface area contributed by atoms with Crippen LogP contribution in [0.5, 0.6) is 11.5 Å². The van der Waals surface area contributed by atoms with Gasteiger partial charge in [0, 0.05) is 27.6 Å². The van der Waals surface area contributed by atoms with E-state index < -0.39 is 23.7 Å². The van der Waals surface area contributed by atoms with Crippen LogP contribution in [0, 0.1) is 5.82 Å². The number of rotatable bonds is 3. The molecule has 0 saturated carbocycles. The van der Waals surface area contributed by atoms with Gasteiger partial charge in [-0.3, -0.25) is 9.59 Å². The molecule has 0 aliphatic carbocycles. The van der Waals surface area contributed by atoms with Crippen molar-refractivity contribution in [1.82, 2.24) is 9.69 Å². The summed E-state index contributed by atoms with van der Waals surface area (Å²) in [5.41, 5.74) is 1.58. The molecule has 10 heteroatoms. The van der Waals surface area contributed by atoms with E-state index in [1.54, 1.807) is 6.07 Å². The van der Waals surface area contributed by atoms with E-state index in [2.05, 4.69) is 15.0 Å². The number of anilines is 1. The molecule has 4 aromatic rings. The third kappa shape index (κ3) is 3.12. The highest BCUT2D eigenvalue weighted by Gasteiger charge is 2.40. The summed E-state index contributed by atoms with van der Waals surface area (Å²) in [6.07, 6.45) is 0. The summed E-state index contributed by atoms with van der Waals surface area (Å²) < 4.78 is 30.2. The van der Waals surface area contributed by atoms with Gasteiger partial charge in [-0.15, -0.1) is 0 Å². The topological polar surface area (TPSA) is 89.6 Å². The fourth-order valence-electron chi connectivity index (χ4n) is 4.16. The van der Waals surface area contributed by atoms with Crippen LogP contribution in [0.25, 0.3) is 10.1 Å². The molecule has 2 amide bonds. The number of nitrogens with one attached hydrogen (secondary N) is 2. The van der Waals surface area contributed by atoms with Gasteiger partial charge in [0.2, 0.25) is 6.79 Å². The zero-order chi connectivity index (χ0) is 22.7. The number of nitrogens with zero attached hydrogens (tertiary/aromatic N) is 1. The second kappa shape index (κ2) is 7.43. The normalized spacial score (nSPS) is 16.1. The molecule has 0 fully saturated rings. The van der Waals surface area contributed by atoms with E-state index in [1.165, 1.54) is 29.7 Å². The minimum Gasteiger partial charge on any atom is -0.453 e. The average Bonchev–Trinajstić information content (AvgIpc) is 3.52. The smallest absolute Gasteiger partial charge is 0.276 e. The number of amides is 2. The number of benzene rings is 3. The van der Waals surface area contributed by atoms with Crippen molar-refractivity contribution < 1.29 is 23.5 Å². The summed E-state index contributed by atoms with van der Waals surface area (Å²) in [5, 5.41) is 6.67. The monoisotopic (exact) mass is 481 g/mol. The fraction of sp³-hybridized carbons (Fsp3) is 0.0870. The van der Waals surface area contributed by atoms with Gasteiger partial charge in [0.1, 0.15) is 11.5 Å². The Kier molecular flexibility index (Phi) is 4.49. The first-order valence-electron chi connectivity index (χ1n) is 9.89. The Labute approximate surface area is 195 Å². The van der Waals surface area contributed by atoms with Gasteiger partial charge >= 0.3 is 0 Å². The molecular formula is C23H13ClFN3O4S. The standard InChI is InChI=1S/C23H13ClFN3O4S/c24-13-6-5-10(25)7-12(13)19-17-14(8-15-21(32-9-31-15)18(17)22(29)27-19)26-23(30)20-11-3-1-2-4-16(11)33-28-20/h1-8,19H,9H2,(H,26,30)(H,27,29)/t19-/m0/s1. The molecule has 7 nitrogen and oxygen atoms in total. The van der Waals surface area contributed by atoms with Crippen LogP contribution >= 0.6 is 23.1 Å². The van der Waals surface area contributed by atoms with Crippen molar-refractivity contribution in [2.75, 3.05) is 12.1 Å². The Balaban J connectivity index is 1.50. The van der Waals surface area contributed by atoms with Gasteiger partial charge in [0.05, 0.1) is 22.0 Å². The van der Waals surface area contributed by atoms with E-state index in [9.17, 15) is 14.0 Å². The van der Waals surface area contributed by atoms with Gasteiger partial charge < -0.3 is 20.1 Å². The maximum Gasteiger partial charge on any atom is 0.276 e. The lowest BCUT2D eigenvalue weighted by Crippen LogP contribution is -2.21. The minimum atomic E-state index is -0.798.